The molecule has 8 nitrogen and oxygen atoms in total. The Morgan fingerprint density at radius 2 is 1.76 bits per heavy atom. The minimum atomic E-state index is -0.239. The Kier molecular flexibility index (Phi) is 6.61. The predicted molar refractivity (Wildman–Crippen MR) is 112 cm³/mol. The van der Waals surface area contributed by atoms with Gasteiger partial charge in [0.15, 0.2) is 0 Å². The maximum atomic E-state index is 12.5. The van der Waals surface area contributed by atoms with E-state index in [0.29, 0.717) is 5.16 Å². The number of carbonyl (C=O) groups is 2. The molecule has 0 radical (unpaired) electrons. The third kappa shape index (κ3) is 5.20. The number of tetrazole rings is 1. The van der Waals surface area contributed by atoms with Crippen molar-refractivity contribution in [3.05, 3.63) is 59.7 Å². The number of hydrogen-bond acceptors (Lipinski definition) is 6. The van der Waals surface area contributed by atoms with Crippen LogP contribution < -0.4 is 5.32 Å². The van der Waals surface area contributed by atoms with Crippen LogP contribution in [0.4, 0.5) is 5.69 Å². The van der Waals surface area contributed by atoms with Gasteiger partial charge in [0.1, 0.15) is 0 Å². The van der Waals surface area contributed by atoms with Gasteiger partial charge in [-0.3, -0.25) is 9.59 Å². The van der Waals surface area contributed by atoms with Gasteiger partial charge in [-0.1, -0.05) is 48.2 Å². The number of rotatable bonds is 7. The lowest BCUT2D eigenvalue weighted by Gasteiger charge is -2.18. The van der Waals surface area contributed by atoms with E-state index in [0.717, 1.165) is 22.5 Å². The summed E-state index contributed by atoms with van der Waals surface area (Å²) in [6.07, 6.45) is 0. The first-order valence-corrected chi connectivity index (χ1v) is 10.0. The van der Waals surface area contributed by atoms with Gasteiger partial charge < -0.3 is 10.2 Å². The van der Waals surface area contributed by atoms with Gasteiger partial charge in [0, 0.05) is 12.7 Å². The van der Waals surface area contributed by atoms with Crippen LogP contribution >= 0.6 is 11.8 Å². The first kappa shape index (κ1) is 20.5. The number of anilines is 1. The summed E-state index contributed by atoms with van der Waals surface area (Å²) in [6.45, 7) is 3.84. The number of amides is 2. The fraction of sp³-hybridized carbons (Fsp3) is 0.250. The summed E-state index contributed by atoms with van der Waals surface area (Å²) in [4.78, 5) is 26.2. The van der Waals surface area contributed by atoms with E-state index in [1.807, 2.05) is 62.4 Å². The third-order valence-electron chi connectivity index (χ3n) is 4.32. The Morgan fingerprint density at radius 1 is 1.07 bits per heavy atom. The van der Waals surface area contributed by atoms with Crippen molar-refractivity contribution < 1.29 is 9.59 Å². The van der Waals surface area contributed by atoms with Crippen LogP contribution in [0, 0.1) is 13.8 Å². The molecule has 0 aliphatic heterocycles. The third-order valence-corrected chi connectivity index (χ3v) is 5.22. The molecule has 150 valence electrons. The average Bonchev–Trinajstić information content (AvgIpc) is 3.18. The van der Waals surface area contributed by atoms with Crippen LogP contribution in [0.2, 0.25) is 0 Å². The molecule has 2 amide bonds. The fourth-order valence-electron chi connectivity index (χ4n) is 2.73. The zero-order chi connectivity index (χ0) is 20.8. The van der Waals surface area contributed by atoms with Gasteiger partial charge in [0.05, 0.1) is 18.0 Å². The Balaban J connectivity index is 1.55. The number of likely N-dealkylation sites (N-methyl/N-ethyl adjacent to an activating group) is 1. The molecule has 0 saturated heterocycles. The Hall–Kier alpha value is -3.20. The number of carbonyl (C=O) groups excluding carboxylic acids is 2. The molecular weight excluding hydrogens is 388 g/mol. The van der Waals surface area contributed by atoms with E-state index in [4.69, 9.17) is 0 Å². The van der Waals surface area contributed by atoms with Gasteiger partial charge in [0.25, 0.3) is 0 Å². The molecule has 0 fully saturated rings. The lowest BCUT2D eigenvalue weighted by atomic mass is 10.1. The average molecular weight is 411 g/mol. The summed E-state index contributed by atoms with van der Waals surface area (Å²) >= 11 is 1.22. The Bertz CT molecular complexity index is 985. The van der Waals surface area contributed by atoms with Gasteiger partial charge >= 0.3 is 0 Å². The second-order valence-electron chi connectivity index (χ2n) is 6.56. The van der Waals surface area contributed by atoms with Crippen molar-refractivity contribution in [1.29, 1.82) is 0 Å². The first-order chi connectivity index (χ1) is 14.0. The molecular formula is C20H22N6O2S. The summed E-state index contributed by atoms with van der Waals surface area (Å²) in [6, 6.07) is 15.3. The molecule has 3 rings (SSSR count). The normalized spacial score (nSPS) is 10.6. The summed E-state index contributed by atoms with van der Waals surface area (Å²) in [7, 11) is 1.60. The summed E-state index contributed by atoms with van der Waals surface area (Å²) in [5, 5.41) is 15.0. The van der Waals surface area contributed by atoms with Crippen LogP contribution in [0.25, 0.3) is 5.69 Å². The highest BCUT2D eigenvalue weighted by atomic mass is 32.2. The molecule has 0 aliphatic carbocycles. The molecule has 29 heavy (non-hydrogen) atoms. The number of para-hydroxylation sites is 2. The van der Waals surface area contributed by atoms with Crippen LogP contribution in [-0.4, -0.2) is 56.3 Å². The van der Waals surface area contributed by atoms with Gasteiger partial charge in [-0.25, -0.2) is 0 Å². The lowest BCUT2D eigenvalue weighted by Crippen LogP contribution is -2.36. The molecule has 9 heteroatoms. The minimum absolute atomic E-state index is 0.0310. The van der Waals surface area contributed by atoms with E-state index < -0.39 is 0 Å². The molecule has 0 unspecified atom stereocenters. The minimum Gasteiger partial charge on any atom is -0.336 e. The van der Waals surface area contributed by atoms with E-state index >= 15 is 0 Å². The molecule has 1 heterocycles. The maximum Gasteiger partial charge on any atom is 0.243 e. The topological polar surface area (TPSA) is 93.0 Å². The molecule has 0 aliphatic rings. The van der Waals surface area contributed by atoms with Gasteiger partial charge in [-0.15, -0.1) is 5.10 Å². The van der Waals surface area contributed by atoms with Crippen LogP contribution in [-0.2, 0) is 9.59 Å². The Labute approximate surface area is 173 Å². The maximum absolute atomic E-state index is 12.5. The quantitative estimate of drug-likeness (QED) is 0.602. The van der Waals surface area contributed by atoms with Crippen molar-refractivity contribution >= 4 is 29.3 Å². The summed E-state index contributed by atoms with van der Waals surface area (Å²) in [5.74, 6) is -0.299. The molecule has 0 atom stereocenters. The smallest absolute Gasteiger partial charge is 0.243 e. The number of hydrogen-bond donors (Lipinski definition) is 1. The summed E-state index contributed by atoms with van der Waals surface area (Å²) in [5.41, 5.74) is 3.56. The van der Waals surface area contributed by atoms with Crippen molar-refractivity contribution in [3.8, 4) is 5.69 Å². The predicted octanol–water partition coefficient (Wildman–Crippen LogP) is 2.47. The highest BCUT2D eigenvalue weighted by Crippen LogP contribution is 2.20. The molecule has 3 aromatic rings. The van der Waals surface area contributed by atoms with Crippen molar-refractivity contribution in [1.82, 2.24) is 25.1 Å². The highest BCUT2D eigenvalue weighted by molar-refractivity contribution is 7.99. The van der Waals surface area contributed by atoms with Crippen LogP contribution in [0.15, 0.2) is 53.7 Å². The van der Waals surface area contributed by atoms with Crippen LogP contribution in [0.5, 0.6) is 0 Å². The standard InChI is InChI=1S/C20H22N6O2S/c1-14-8-7-9-15(2)19(14)21-17(27)12-25(3)18(28)13-29-20-22-23-24-26(20)16-10-5-4-6-11-16/h4-11H,12-13H2,1-3H3,(H,21,27). The second kappa shape index (κ2) is 9.33. The van der Waals surface area contributed by atoms with E-state index in [2.05, 4.69) is 20.8 Å². The largest absolute Gasteiger partial charge is 0.336 e. The van der Waals surface area contributed by atoms with Gasteiger partial charge in [-0.05, 0) is 47.5 Å². The summed E-state index contributed by atoms with van der Waals surface area (Å²) < 4.78 is 1.58. The van der Waals surface area contributed by atoms with Crippen molar-refractivity contribution in [3.63, 3.8) is 0 Å². The zero-order valence-corrected chi connectivity index (χ0v) is 17.3. The number of aromatic nitrogens is 4. The molecule has 0 bridgehead atoms. The zero-order valence-electron chi connectivity index (χ0n) is 16.5. The molecule has 0 saturated carbocycles. The van der Waals surface area contributed by atoms with E-state index in [1.165, 1.54) is 16.7 Å². The van der Waals surface area contributed by atoms with Crippen LogP contribution in [0.3, 0.4) is 0 Å². The first-order valence-electron chi connectivity index (χ1n) is 9.02. The molecule has 1 N–H and O–H groups in total. The SMILES string of the molecule is Cc1cccc(C)c1NC(=O)CN(C)C(=O)CSc1nnnn1-c1ccccc1. The Morgan fingerprint density at radius 3 is 2.45 bits per heavy atom. The van der Waals surface area contributed by atoms with Crippen molar-refractivity contribution in [2.75, 3.05) is 24.7 Å². The van der Waals surface area contributed by atoms with Gasteiger partial charge in [-0.2, -0.15) is 4.68 Å². The van der Waals surface area contributed by atoms with E-state index in [9.17, 15) is 9.59 Å². The molecule has 2 aromatic carbocycles. The molecule has 0 spiro atoms. The number of benzene rings is 2. The van der Waals surface area contributed by atoms with Gasteiger partial charge in [0.2, 0.25) is 17.0 Å². The van der Waals surface area contributed by atoms with E-state index in [-0.39, 0.29) is 24.1 Å². The number of aryl methyl sites for hydroxylation is 2. The lowest BCUT2D eigenvalue weighted by molar-refractivity contribution is -0.131. The van der Waals surface area contributed by atoms with Crippen molar-refractivity contribution in [2.24, 2.45) is 0 Å². The second-order valence-corrected chi connectivity index (χ2v) is 7.50. The van der Waals surface area contributed by atoms with Crippen LogP contribution in [0.1, 0.15) is 11.1 Å². The monoisotopic (exact) mass is 410 g/mol. The van der Waals surface area contributed by atoms with E-state index in [1.54, 1.807) is 11.7 Å². The van der Waals surface area contributed by atoms with Crippen molar-refractivity contribution in [2.45, 2.75) is 19.0 Å². The number of nitrogens with one attached hydrogen (secondary N) is 1. The fourth-order valence-corrected chi connectivity index (χ4v) is 3.56. The number of thioether (sulfide) groups is 1. The molecule has 1 aromatic heterocycles. The highest BCUT2D eigenvalue weighted by Gasteiger charge is 2.17. The number of nitrogens with zero attached hydrogens (tertiary/aromatic N) is 5.